The fourth-order valence-corrected chi connectivity index (χ4v) is 2.06. The minimum absolute atomic E-state index is 0.183. The van der Waals surface area contributed by atoms with Gasteiger partial charge in [0.05, 0.1) is 6.20 Å². The Bertz CT molecular complexity index is 693. The van der Waals surface area contributed by atoms with Crippen LogP contribution in [0.5, 0.6) is 5.75 Å². The zero-order valence-electron chi connectivity index (χ0n) is 8.71. The fraction of sp³-hybridized carbons (Fsp3) is 0. The predicted octanol–water partition coefficient (Wildman–Crippen LogP) is 2.89. The van der Waals surface area contributed by atoms with Crippen LogP contribution in [0.3, 0.4) is 0 Å². The number of nitrogens with zero attached hydrogens (tertiary/aromatic N) is 3. The maximum absolute atomic E-state index is 9.80. The molecule has 3 rings (SSSR count). The van der Waals surface area contributed by atoms with Crippen molar-refractivity contribution in [2.75, 3.05) is 0 Å². The van der Waals surface area contributed by atoms with Crippen molar-refractivity contribution in [3.63, 3.8) is 0 Å². The normalized spacial score (nSPS) is 10.9. The van der Waals surface area contributed by atoms with E-state index in [0.29, 0.717) is 5.69 Å². The maximum atomic E-state index is 9.80. The summed E-state index contributed by atoms with van der Waals surface area (Å²) in [5.74, 6) is 0.183. The first kappa shape index (κ1) is 10.3. The van der Waals surface area contributed by atoms with Crippen LogP contribution in [0.2, 0.25) is 0 Å². The third-order valence-electron chi connectivity index (χ3n) is 2.48. The zero-order valence-corrected chi connectivity index (χ0v) is 10.3. The number of para-hydroxylation sites is 2. The summed E-state index contributed by atoms with van der Waals surface area (Å²) in [6, 6.07) is 8.98. The highest BCUT2D eigenvalue weighted by molar-refractivity contribution is 9.10. The van der Waals surface area contributed by atoms with Crippen LogP contribution in [-0.4, -0.2) is 19.9 Å². The molecule has 0 aliphatic rings. The monoisotopic (exact) mass is 289 g/mol. The number of pyridine rings is 1. The zero-order chi connectivity index (χ0) is 11.8. The van der Waals surface area contributed by atoms with Crippen molar-refractivity contribution in [3.8, 4) is 11.4 Å². The summed E-state index contributed by atoms with van der Waals surface area (Å²) < 4.78 is 2.53. The van der Waals surface area contributed by atoms with Gasteiger partial charge in [-0.1, -0.05) is 12.1 Å². The van der Waals surface area contributed by atoms with Crippen LogP contribution in [0.1, 0.15) is 0 Å². The summed E-state index contributed by atoms with van der Waals surface area (Å²) in [6.45, 7) is 0. The van der Waals surface area contributed by atoms with Gasteiger partial charge < -0.3 is 5.11 Å². The molecule has 1 aromatic carbocycles. The van der Waals surface area contributed by atoms with E-state index in [2.05, 4.69) is 26.0 Å². The standard InChI is InChI=1S/C12H8BrN3O/c13-9-5-8-6-15-16(12(8)14-7-9)10-3-1-2-4-11(10)17/h1-7,17H. The Balaban J connectivity index is 2.29. The van der Waals surface area contributed by atoms with Crippen molar-refractivity contribution in [3.05, 3.63) is 47.2 Å². The quantitative estimate of drug-likeness (QED) is 0.749. The predicted molar refractivity (Wildman–Crippen MR) is 68.2 cm³/mol. The number of rotatable bonds is 1. The molecular formula is C12H8BrN3O. The van der Waals surface area contributed by atoms with Crippen molar-refractivity contribution in [2.45, 2.75) is 0 Å². The molecule has 0 bridgehead atoms. The highest BCUT2D eigenvalue weighted by atomic mass is 79.9. The lowest BCUT2D eigenvalue weighted by atomic mass is 10.3. The fourth-order valence-electron chi connectivity index (χ4n) is 1.71. The van der Waals surface area contributed by atoms with Crippen molar-refractivity contribution in [1.82, 2.24) is 14.8 Å². The lowest BCUT2D eigenvalue weighted by molar-refractivity contribution is 0.471. The summed E-state index contributed by atoms with van der Waals surface area (Å²) in [6.07, 6.45) is 3.43. The molecule has 0 aliphatic carbocycles. The van der Waals surface area contributed by atoms with Crippen molar-refractivity contribution in [2.24, 2.45) is 0 Å². The number of phenols is 1. The van der Waals surface area contributed by atoms with E-state index in [1.807, 2.05) is 12.1 Å². The molecule has 4 nitrogen and oxygen atoms in total. The van der Waals surface area contributed by atoms with Gasteiger partial charge in [0.1, 0.15) is 11.4 Å². The largest absolute Gasteiger partial charge is 0.506 e. The van der Waals surface area contributed by atoms with E-state index >= 15 is 0 Å². The van der Waals surface area contributed by atoms with Gasteiger partial charge in [0.2, 0.25) is 0 Å². The average Bonchev–Trinajstić information content (AvgIpc) is 2.72. The van der Waals surface area contributed by atoms with Crippen LogP contribution in [0.15, 0.2) is 47.2 Å². The molecule has 84 valence electrons. The number of benzene rings is 1. The molecule has 0 atom stereocenters. The van der Waals surface area contributed by atoms with E-state index in [-0.39, 0.29) is 5.75 Å². The lowest BCUT2D eigenvalue weighted by Crippen LogP contribution is -1.97. The number of hydrogen-bond acceptors (Lipinski definition) is 3. The van der Waals surface area contributed by atoms with Gasteiger partial charge in [-0.3, -0.25) is 0 Å². The number of aromatic nitrogens is 3. The van der Waals surface area contributed by atoms with Gasteiger partial charge in [-0.15, -0.1) is 0 Å². The summed E-state index contributed by atoms with van der Waals surface area (Å²) in [5, 5.41) is 15.0. The second kappa shape index (κ2) is 3.85. The number of aromatic hydroxyl groups is 1. The Labute approximate surface area is 106 Å². The summed E-state index contributed by atoms with van der Waals surface area (Å²) in [7, 11) is 0. The smallest absolute Gasteiger partial charge is 0.163 e. The molecule has 0 saturated heterocycles. The number of halogens is 1. The molecule has 2 aromatic heterocycles. The van der Waals surface area contributed by atoms with Crippen molar-refractivity contribution >= 4 is 27.0 Å². The molecule has 0 saturated carbocycles. The highest BCUT2D eigenvalue weighted by Crippen LogP contribution is 2.24. The average molecular weight is 290 g/mol. The summed E-state index contributed by atoms with van der Waals surface area (Å²) in [5.41, 5.74) is 1.34. The van der Waals surface area contributed by atoms with E-state index in [0.717, 1.165) is 15.5 Å². The van der Waals surface area contributed by atoms with Crippen molar-refractivity contribution in [1.29, 1.82) is 0 Å². The third kappa shape index (κ3) is 1.68. The Morgan fingerprint density at radius 1 is 1.18 bits per heavy atom. The van der Waals surface area contributed by atoms with Crippen molar-refractivity contribution < 1.29 is 5.11 Å². The molecule has 0 aliphatic heterocycles. The molecule has 0 radical (unpaired) electrons. The molecular weight excluding hydrogens is 282 g/mol. The maximum Gasteiger partial charge on any atom is 0.163 e. The highest BCUT2D eigenvalue weighted by Gasteiger charge is 2.09. The van der Waals surface area contributed by atoms with E-state index < -0.39 is 0 Å². The van der Waals surface area contributed by atoms with Gasteiger partial charge >= 0.3 is 0 Å². The van der Waals surface area contributed by atoms with E-state index in [9.17, 15) is 5.11 Å². The second-order valence-corrected chi connectivity index (χ2v) is 4.53. The minimum atomic E-state index is 0.183. The van der Waals surface area contributed by atoms with Gasteiger partial charge in [-0.05, 0) is 34.1 Å². The first-order chi connectivity index (χ1) is 8.25. The Morgan fingerprint density at radius 2 is 2.00 bits per heavy atom. The van der Waals surface area contributed by atoms with Gasteiger partial charge in [0.15, 0.2) is 5.65 Å². The molecule has 0 unspecified atom stereocenters. The van der Waals surface area contributed by atoms with Gasteiger partial charge in [0, 0.05) is 16.1 Å². The second-order valence-electron chi connectivity index (χ2n) is 3.61. The van der Waals surface area contributed by atoms with Gasteiger partial charge in [-0.25, -0.2) is 9.67 Å². The van der Waals surface area contributed by atoms with Crippen LogP contribution in [-0.2, 0) is 0 Å². The van der Waals surface area contributed by atoms with Gasteiger partial charge in [-0.2, -0.15) is 5.10 Å². The molecule has 0 fully saturated rings. The molecule has 0 amide bonds. The van der Waals surface area contributed by atoms with Crippen LogP contribution >= 0.6 is 15.9 Å². The molecule has 5 heteroatoms. The first-order valence-corrected chi connectivity index (χ1v) is 5.82. The Morgan fingerprint density at radius 3 is 2.82 bits per heavy atom. The van der Waals surface area contributed by atoms with E-state index in [4.69, 9.17) is 0 Å². The van der Waals surface area contributed by atoms with Crippen LogP contribution in [0.4, 0.5) is 0 Å². The Kier molecular flexibility index (Phi) is 2.33. The summed E-state index contributed by atoms with van der Waals surface area (Å²) >= 11 is 3.36. The number of phenolic OH excluding ortho intramolecular Hbond substituents is 1. The van der Waals surface area contributed by atoms with E-state index in [1.165, 1.54) is 0 Å². The summed E-state index contributed by atoms with van der Waals surface area (Å²) in [4.78, 5) is 4.30. The molecule has 2 heterocycles. The third-order valence-corrected chi connectivity index (χ3v) is 2.92. The SMILES string of the molecule is Oc1ccccc1-n1ncc2cc(Br)cnc21. The van der Waals surface area contributed by atoms with Crippen LogP contribution in [0, 0.1) is 0 Å². The number of hydrogen-bond donors (Lipinski definition) is 1. The molecule has 1 N–H and O–H groups in total. The number of fused-ring (bicyclic) bond motifs is 1. The lowest BCUT2D eigenvalue weighted by Gasteiger charge is -2.04. The van der Waals surface area contributed by atoms with E-state index in [1.54, 1.807) is 35.3 Å². The first-order valence-electron chi connectivity index (χ1n) is 5.03. The topological polar surface area (TPSA) is 50.9 Å². The van der Waals surface area contributed by atoms with Crippen LogP contribution in [0.25, 0.3) is 16.7 Å². The Hall–Kier alpha value is -1.88. The van der Waals surface area contributed by atoms with Gasteiger partial charge in [0.25, 0.3) is 0 Å². The minimum Gasteiger partial charge on any atom is -0.506 e. The molecule has 17 heavy (non-hydrogen) atoms. The molecule has 3 aromatic rings. The van der Waals surface area contributed by atoms with Crippen LogP contribution < -0.4 is 0 Å². The molecule has 0 spiro atoms.